The first-order valence-electron chi connectivity index (χ1n) is 18.2. The molecule has 0 aliphatic rings. The van der Waals surface area contributed by atoms with Gasteiger partial charge in [-0.25, -0.2) is 0 Å². The summed E-state index contributed by atoms with van der Waals surface area (Å²) in [5, 5.41) is 0. The highest BCUT2D eigenvalue weighted by Crippen LogP contribution is 2.35. The molecule has 272 valence electrons. The SMILES string of the molecule is COC(OC)[SiH2]CCCCC[Si](CCCCC[SiH2]C(OC)OC)(CCCCC[SiH2]C(OC)OC)CCCCC[SiH2]C(OC)OC. The van der Waals surface area contributed by atoms with Gasteiger partial charge in [0, 0.05) is 56.9 Å². The van der Waals surface area contributed by atoms with Crippen molar-refractivity contribution in [2.24, 2.45) is 0 Å². The molecule has 0 atom stereocenters. The second-order valence-electron chi connectivity index (χ2n) is 12.9. The minimum absolute atomic E-state index is 0.0850. The van der Waals surface area contributed by atoms with Crippen molar-refractivity contribution in [3.63, 3.8) is 0 Å². The third-order valence-electron chi connectivity index (χ3n) is 9.69. The number of hydrogen-bond acceptors (Lipinski definition) is 8. The molecule has 0 heterocycles. The van der Waals surface area contributed by atoms with Gasteiger partial charge in [-0.15, -0.1) is 0 Å². The van der Waals surface area contributed by atoms with Gasteiger partial charge in [0.25, 0.3) is 0 Å². The molecule has 0 saturated heterocycles. The largest absolute Gasteiger partial charge is 0.360 e. The molecule has 0 unspecified atom stereocenters. The zero-order valence-electron chi connectivity index (χ0n) is 31.0. The second kappa shape index (κ2) is 33.3. The van der Waals surface area contributed by atoms with E-state index in [0.29, 0.717) is 0 Å². The van der Waals surface area contributed by atoms with E-state index >= 15 is 0 Å². The lowest BCUT2D eigenvalue weighted by atomic mass is 10.3. The van der Waals surface area contributed by atoms with E-state index in [2.05, 4.69) is 0 Å². The van der Waals surface area contributed by atoms with Crippen LogP contribution < -0.4 is 0 Å². The quantitative estimate of drug-likeness (QED) is 0.0520. The Bertz CT molecular complexity index is 496. The van der Waals surface area contributed by atoms with Crippen molar-refractivity contribution in [3.05, 3.63) is 0 Å². The van der Waals surface area contributed by atoms with Crippen LogP contribution in [0, 0.1) is 0 Å². The Morgan fingerprint density at radius 2 is 0.511 bits per heavy atom. The summed E-state index contributed by atoms with van der Waals surface area (Å²) in [6.45, 7) is 0. The Morgan fingerprint density at radius 1 is 0.311 bits per heavy atom. The van der Waals surface area contributed by atoms with Gasteiger partial charge in [-0.2, -0.15) is 0 Å². The molecule has 0 aromatic carbocycles. The van der Waals surface area contributed by atoms with Crippen LogP contribution in [-0.4, -0.2) is 127 Å². The topological polar surface area (TPSA) is 73.8 Å². The highest BCUT2D eigenvalue weighted by molar-refractivity contribution is 6.79. The second-order valence-corrected chi connectivity index (χ2v) is 25.7. The molecule has 0 aromatic rings. The van der Waals surface area contributed by atoms with E-state index in [0.717, 1.165) is 0 Å². The molecule has 8 nitrogen and oxygen atoms in total. The van der Waals surface area contributed by atoms with Crippen LogP contribution in [0.5, 0.6) is 0 Å². The fourth-order valence-electron chi connectivity index (χ4n) is 6.74. The molecule has 0 fully saturated rings. The molecule has 0 rings (SSSR count). The molecule has 0 saturated carbocycles. The first-order chi connectivity index (χ1) is 22.0. The summed E-state index contributed by atoms with van der Waals surface area (Å²) < 4.78 is 43.7. The van der Waals surface area contributed by atoms with Crippen molar-refractivity contribution >= 4 is 46.2 Å². The molecule has 0 aromatic heterocycles. The first-order valence-corrected chi connectivity index (χ1v) is 28.3. The predicted molar refractivity (Wildman–Crippen MR) is 205 cm³/mol. The molecular formula is C32H76O8Si5. The monoisotopic (exact) mass is 728 g/mol. The number of ether oxygens (including phenoxy) is 8. The van der Waals surface area contributed by atoms with Gasteiger partial charge in [-0.05, 0) is 0 Å². The maximum absolute atomic E-state index is 5.47. The van der Waals surface area contributed by atoms with E-state index in [1.807, 2.05) is 0 Å². The van der Waals surface area contributed by atoms with E-state index < -0.39 is 8.07 Å². The zero-order valence-corrected chi connectivity index (χ0v) is 37.7. The van der Waals surface area contributed by atoms with Crippen molar-refractivity contribution in [1.82, 2.24) is 0 Å². The van der Waals surface area contributed by atoms with Gasteiger partial charge < -0.3 is 37.9 Å². The number of methoxy groups -OCH3 is 8. The molecule has 13 heteroatoms. The van der Waals surface area contributed by atoms with Crippen molar-refractivity contribution < 1.29 is 37.9 Å². The van der Waals surface area contributed by atoms with Gasteiger partial charge in [-0.1, -0.05) is 125 Å². The van der Waals surface area contributed by atoms with Gasteiger partial charge in [0.05, 0.1) is 46.2 Å². The smallest absolute Gasteiger partial charge is 0.134 e. The summed E-state index contributed by atoms with van der Waals surface area (Å²) in [6, 6.07) is 11.5. The van der Waals surface area contributed by atoms with Gasteiger partial charge in [0.1, 0.15) is 23.7 Å². The predicted octanol–water partition coefficient (Wildman–Crippen LogP) is 4.77. The summed E-state index contributed by atoms with van der Waals surface area (Å²) in [4.78, 5) is 0. The highest BCUT2D eigenvalue weighted by atomic mass is 28.3. The molecule has 0 aliphatic carbocycles. The Kier molecular flexibility index (Phi) is 33.8. The van der Waals surface area contributed by atoms with Crippen LogP contribution in [0.3, 0.4) is 0 Å². The van der Waals surface area contributed by atoms with Crippen LogP contribution in [0.1, 0.15) is 77.0 Å². The van der Waals surface area contributed by atoms with Crippen LogP contribution in [0.2, 0.25) is 48.4 Å². The average Bonchev–Trinajstić information content (AvgIpc) is 3.07. The third-order valence-corrected chi connectivity index (χ3v) is 23.5. The Balaban J connectivity index is 5.15. The molecular weight excluding hydrogens is 653 g/mol. The number of hydrogen-bond donors (Lipinski definition) is 0. The average molecular weight is 729 g/mol. The van der Waals surface area contributed by atoms with Crippen molar-refractivity contribution in [1.29, 1.82) is 0 Å². The molecule has 0 aliphatic heterocycles. The lowest BCUT2D eigenvalue weighted by Gasteiger charge is -2.33. The van der Waals surface area contributed by atoms with Crippen LogP contribution in [0.25, 0.3) is 0 Å². The van der Waals surface area contributed by atoms with E-state index in [4.69, 9.17) is 37.9 Å². The fraction of sp³-hybridized carbons (Fsp3) is 1.00. The van der Waals surface area contributed by atoms with Crippen molar-refractivity contribution in [3.8, 4) is 0 Å². The van der Waals surface area contributed by atoms with E-state index in [-0.39, 0.29) is 61.7 Å². The Labute approximate surface area is 289 Å². The minimum Gasteiger partial charge on any atom is -0.360 e. The Morgan fingerprint density at radius 3 is 0.689 bits per heavy atom. The minimum atomic E-state index is -1.33. The maximum Gasteiger partial charge on any atom is 0.134 e. The molecule has 0 radical (unpaired) electrons. The normalized spacial score (nSPS) is 14.7. The lowest BCUT2D eigenvalue weighted by Crippen LogP contribution is -2.34. The molecule has 45 heavy (non-hydrogen) atoms. The zero-order chi connectivity index (χ0) is 33.4. The van der Waals surface area contributed by atoms with Crippen molar-refractivity contribution in [2.75, 3.05) is 56.9 Å². The van der Waals surface area contributed by atoms with Gasteiger partial charge in [0.15, 0.2) is 0 Å². The first kappa shape index (κ1) is 45.8. The van der Waals surface area contributed by atoms with E-state index in [1.165, 1.54) is 125 Å². The van der Waals surface area contributed by atoms with Crippen LogP contribution >= 0.6 is 0 Å². The van der Waals surface area contributed by atoms with E-state index in [1.54, 1.807) is 56.9 Å². The highest BCUT2D eigenvalue weighted by Gasteiger charge is 2.30. The third kappa shape index (κ3) is 25.4. The molecule has 0 spiro atoms. The number of unbranched alkanes of at least 4 members (excludes halogenated alkanes) is 8. The van der Waals surface area contributed by atoms with Crippen LogP contribution in [0.15, 0.2) is 0 Å². The molecule has 0 bridgehead atoms. The Hall–Kier alpha value is 0.764. The summed E-state index contributed by atoms with van der Waals surface area (Å²) in [5.41, 5.74) is 0. The van der Waals surface area contributed by atoms with Gasteiger partial charge in [-0.3, -0.25) is 0 Å². The summed E-state index contributed by atoms with van der Waals surface area (Å²) in [6.07, 6.45) is 16.6. The summed E-state index contributed by atoms with van der Waals surface area (Å²) in [5.74, 6) is 0.340. The summed E-state index contributed by atoms with van der Waals surface area (Å²) in [7, 11) is 11.7. The standard InChI is InChI=1S/C32H76O8Si5/c1-33-29(34-2)41-21-13-9-17-25-45(26-18-10-14-22-42-30(35-3)36-4,27-19-11-15-23-43-31(37-5)38-6)28-20-12-16-24-44-32(39-7)40-8/h29-32H,9-28,41-44H2,1-8H3. The van der Waals surface area contributed by atoms with Gasteiger partial charge in [0.2, 0.25) is 0 Å². The number of rotatable bonds is 36. The molecule has 0 amide bonds. The molecule has 0 N–H and O–H groups in total. The van der Waals surface area contributed by atoms with Crippen molar-refractivity contribution in [2.45, 2.75) is 149 Å². The maximum atomic E-state index is 5.47. The van der Waals surface area contributed by atoms with Crippen LogP contribution in [0.4, 0.5) is 0 Å². The van der Waals surface area contributed by atoms with E-state index in [9.17, 15) is 0 Å². The fourth-order valence-corrected chi connectivity index (χ4v) is 18.0. The van der Waals surface area contributed by atoms with Gasteiger partial charge >= 0.3 is 0 Å². The lowest BCUT2D eigenvalue weighted by molar-refractivity contribution is -0.0442. The summed E-state index contributed by atoms with van der Waals surface area (Å²) >= 11 is 0. The van der Waals surface area contributed by atoms with Crippen LogP contribution in [-0.2, 0) is 37.9 Å².